The third-order valence-corrected chi connectivity index (χ3v) is 3.70. The Morgan fingerprint density at radius 2 is 1.82 bits per heavy atom. The molecule has 1 N–H and O–H groups in total. The van der Waals surface area contributed by atoms with Gasteiger partial charge in [-0.1, -0.05) is 0 Å². The van der Waals surface area contributed by atoms with Gasteiger partial charge in [0.15, 0.2) is 5.69 Å². The lowest BCUT2D eigenvalue weighted by Crippen LogP contribution is -2.37. The molecule has 0 fully saturated rings. The number of azo groups is 1. The number of esters is 1. The number of nitrogens with one attached hydrogen (secondary N) is 1. The predicted octanol–water partition coefficient (Wildman–Crippen LogP) is 2.00. The second kappa shape index (κ2) is 9.31. The van der Waals surface area contributed by atoms with Crippen LogP contribution in [0.4, 0.5) is 17.2 Å². The predicted molar refractivity (Wildman–Crippen MR) is 103 cm³/mol. The number of nitrogens with zero attached hydrogens (tertiary/aromatic N) is 4. The monoisotopic (exact) mass is 387 g/mol. The molecule has 10 heteroatoms. The van der Waals surface area contributed by atoms with Crippen molar-refractivity contribution >= 4 is 23.2 Å². The van der Waals surface area contributed by atoms with E-state index in [-0.39, 0.29) is 18.1 Å². The summed E-state index contributed by atoms with van der Waals surface area (Å²) in [6.45, 7) is 1.91. The molecule has 1 aromatic heterocycles. The summed E-state index contributed by atoms with van der Waals surface area (Å²) < 4.78 is 12.0. The molecule has 0 unspecified atom stereocenters. The van der Waals surface area contributed by atoms with Crippen LogP contribution in [-0.2, 0) is 23.6 Å². The number of anilines is 1. The minimum Gasteiger partial charge on any atom is -0.497 e. The molecule has 0 bridgehead atoms. The van der Waals surface area contributed by atoms with Crippen molar-refractivity contribution in [2.45, 2.75) is 6.92 Å². The first kappa shape index (κ1) is 20.6. The van der Waals surface area contributed by atoms with Crippen molar-refractivity contribution in [3.8, 4) is 5.75 Å². The van der Waals surface area contributed by atoms with E-state index in [0.717, 1.165) is 10.6 Å². The summed E-state index contributed by atoms with van der Waals surface area (Å²) in [6, 6.07) is 6.74. The molecule has 10 nitrogen and oxygen atoms in total. The molecular formula is C18H21N5O5. The van der Waals surface area contributed by atoms with Gasteiger partial charge in [-0.05, 0) is 31.2 Å². The Hall–Kier alpha value is -3.69. The van der Waals surface area contributed by atoms with E-state index < -0.39 is 17.2 Å². The summed E-state index contributed by atoms with van der Waals surface area (Å²) in [5.74, 6) is 0.180. The lowest BCUT2D eigenvalue weighted by Gasteiger charge is -2.11. The molecule has 0 aliphatic heterocycles. The molecule has 1 aromatic carbocycles. The fraction of sp³-hybridized carbons (Fsp3) is 0.278. The van der Waals surface area contributed by atoms with E-state index in [1.165, 1.54) is 24.9 Å². The van der Waals surface area contributed by atoms with E-state index in [9.17, 15) is 14.4 Å². The van der Waals surface area contributed by atoms with Gasteiger partial charge < -0.3 is 14.8 Å². The second-order valence-corrected chi connectivity index (χ2v) is 5.53. The first-order valence-corrected chi connectivity index (χ1v) is 8.34. The topological polar surface area (TPSA) is 116 Å². The summed E-state index contributed by atoms with van der Waals surface area (Å²) in [5.41, 5.74) is -0.786. The van der Waals surface area contributed by atoms with Crippen LogP contribution in [0.2, 0.25) is 0 Å². The van der Waals surface area contributed by atoms with Crippen LogP contribution < -0.4 is 21.3 Å². The van der Waals surface area contributed by atoms with Crippen LogP contribution in [0.15, 0.2) is 56.4 Å². The van der Waals surface area contributed by atoms with E-state index >= 15 is 0 Å². The summed E-state index contributed by atoms with van der Waals surface area (Å²) in [4.78, 5) is 36.1. The zero-order chi connectivity index (χ0) is 20.7. The van der Waals surface area contributed by atoms with Crippen LogP contribution >= 0.6 is 0 Å². The number of carbonyl (C=O) groups excluding carboxylic acids is 1. The van der Waals surface area contributed by atoms with Gasteiger partial charge in [0.05, 0.1) is 19.4 Å². The number of rotatable bonds is 7. The molecule has 148 valence electrons. The van der Waals surface area contributed by atoms with Crippen molar-refractivity contribution in [2.75, 3.05) is 19.0 Å². The Morgan fingerprint density at radius 3 is 2.43 bits per heavy atom. The van der Waals surface area contributed by atoms with E-state index in [0.29, 0.717) is 11.4 Å². The Bertz CT molecular complexity index is 1020. The summed E-state index contributed by atoms with van der Waals surface area (Å²) in [5, 5.41) is 10.8. The zero-order valence-electron chi connectivity index (χ0n) is 16.0. The first-order chi connectivity index (χ1) is 13.4. The summed E-state index contributed by atoms with van der Waals surface area (Å²) in [7, 11) is 4.36. The summed E-state index contributed by atoms with van der Waals surface area (Å²) >= 11 is 0. The zero-order valence-corrected chi connectivity index (χ0v) is 16.0. The Morgan fingerprint density at radius 1 is 1.14 bits per heavy atom. The maximum atomic E-state index is 12.5. The summed E-state index contributed by atoms with van der Waals surface area (Å²) in [6.07, 6.45) is 2.40. The van der Waals surface area contributed by atoms with Gasteiger partial charge in [0.2, 0.25) is 0 Å². The lowest BCUT2D eigenvalue weighted by molar-refractivity contribution is -0.137. The average molecular weight is 387 g/mol. The van der Waals surface area contributed by atoms with Crippen molar-refractivity contribution in [1.29, 1.82) is 0 Å². The molecule has 0 saturated heterocycles. The largest absolute Gasteiger partial charge is 0.497 e. The molecule has 0 atom stereocenters. The van der Waals surface area contributed by atoms with Gasteiger partial charge >= 0.3 is 11.7 Å². The van der Waals surface area contributed by atoms with Crippen LogP contribution in [0.5, 0.6) is 5.75 Å². The number of hydrogen-bond donors (Lipinski definition) is 1. The maximum absolute atomic E-state index is 12.5. The number of ether oxygens (including phenoxy) is 2. The normalized spacial score (nSPS) is 11.1. The van der Waals surface area contributed by atoms with Gasteiger partial charge in [-0.2, -0.15) is 5.11 Å². The standard InChI is InChI=1S/C18H21N5O5/c1-5-28-14(24)10-11-19-16-15(17(25)23(3)18(26)22(16)2)21-20-12-6-8-13(27-4)9-7-12/h6-11,19H,5H2,1-4H3/b11-10-,21-20?. The highest BCUT2D eigenvalue weighted by atomic mass is 16.5. The molecule has 2 rings (SSSR count). The smallest absolute Gasteiger partial charge is 0.332 e. The van der Waals surface area contributed by atoms with Gasteiger partial charge in [-0.3, -0.25) is 13.9 Å². The number of benzene rings is 1. The van der Waals surface area contributed by atoms with Crippen molar-refractivity contribution in [3.05, 3.63) is 57.4 Å². The van der Waals surface area contributed by atoms with Crippen LogP contribution in [0.1, 0.15) is 6.92 Å². The van der Waals surface area contributed by atoms with Crippen molar-refractivity contribution < 1.29 is 14.3 Å². The highest BCUT2D eigenvalue weighted by molar-refractivity contribution is 5.82. The van der Waals surface area contributed by atoms with Crippen LogP contribution in [0, 0.1) is 0 Å². The third kappa shape index (κ3) is 4.72. The highest BCUT2D eigenvalue weighted by Crippen LogP contribution is 2.23. The number of methoxy groups -OCH3 is 1. The number of carbonyl (C=O) groups is 1. The maximum Gasteiger partial charge on any atom is 0.332 e. The average Bonchev–Trinajstić information content (AvgIpc) is 2.70. The van der Waals surface area contributed by atoms with E-state index in [1.807, 2.05) is 0 Å². The highest BCUT2D eigenvalue weighted by Gasteiger charge is 2.15. The molecular weight excluding hydrogens is 366 g/mol. The molecule has 0 amide bonds. The Balaban J connectivity index is 2.43. The van der Waals surface area contributed by atoms with Crippen molar-refractivity contribution in [1.82, 2.24) is 9.13 Å². The fourth-order valence-electron chi connectivity index (χ4n) is 2.22. The molecule has 0 spiro atoms. The molecule has 0 aliphatic carbocycles. The molecule has 0 radical (unpaired) electrons. The Labute approximate surface area is 160 Å². The van der Waals surface area contributed by atoms with Crippen LogP contribution in [0.3, 0.4) is 0 Å². The van der Waals surface area contributed by atoms with Crippen LogP contribution in [-0.4, -0.2) is 28.8 Å². The number of hydrogen-bond acceptors (Lipinski definition) is 8. The van der Waals surface area contributed by atoms with Crippen molar-refractivity contribution in [2.24, 2.45) is 24.3 Å². The minimum atomic E-state index is -0.632. The molecule has 0 saturated carbocycles. The molecule has 28 heavy (non-hydrogen) atoms. The van der Waals surface area contributed by atoms with Gasteiger partial charge in [0.25, 0.3) is 5.56 Å². The van der Waals surface area contributed by atoms with E-state index in [4.69, 9.17) is 9.47 Å². The third-order valence-electron chi connectivity index (χ3n) is 3.70. The van der Waals surface area contributed by atoms with Crippen LogP contribution in [0.25, 0.3) is 0 Å². The van der Waals surface area contributed by atoms with Gasteiger partial charge in [-0.25, -0.2) is 9.59 Å². The van der Waals surface area contributed by atoms with Gasteiger partial charge in [-0.15, -0.1) is 5.11 Å². The molecule has 2 aromatic rings. The molecule has 1 heterocycles. The molecule has 0 aliphatic rings. The SMILES string of the molecule is CCOC(=O)/C=C\Nc1c(N=Nc2ccc(OC)cc2)c(=O)n(C)c(=O)n1C. The second-order valence-electron chi connectivity index (χ2n) is 5.53. The lowest BCUT2D eigenvalue weighted by atomic mass is 10.3. The minimum absolute atomic E-state index is 0.0888. The number of aromatic nitrogens is 2. The van der Waals surface area contributed by atoms with Gasteiger partial charge in [0.1, 0.15) is 11.6 Å². The first-order valence-electron chi connectivity index (χ1n) is 8.34. The van der Waals surface area contributed by atoms with E-state index in [2.05, 4.69) is 15.5 Å². The van der Waals surface area contributed by atoms with Crippen molar-refractivity contribution in [3.63, 3.8) is 0 Å². The van der Waals surface area contributed by atoms with E-state index in [1.54, 1.807) is 38.3 Å². The quantitative estimate of drug-likeness (QED) is 0.441. The van der Waals surface area contributed by atoms with Gasteiger partial charge in [0, 0.05) is 26.4 Å². The Kier molecular flexibility index (Phi) is 6.85. The fourth-order valence-corrected chi connectivity index (χ4v) is 2.22.